The van der Waals surface area contributed by atoms with E-state index in [-0.39, 0.29) is 11.4 Å². The highest BCUT2D eigenvalue weighted by atomic mass is 32.1. The van der Waals surface area contributed by atoms with Gasteiger partial charge in [0.05, 0.1) is 19.8 Å². The van der Waals surface area contributed by atoms with Gasteiger partial charge in [-0.15, -0.1) is 11.3 Å². The summed E-state index contributed by atoms with van der Waals surface area (Å²) in [7, 11) is 3.01. The molecule has 0 unspecified atom stereocenters. The molecule has 0 saturated heterocycles. The molecule has 1 aromatic heterocycles. The van der Waals surface area contributed by atoms with E-state index in [9.17, 15) is 22.8 Å². The molecule has 11 heteroatoms. The monoisotopic (exact) mass is 466 g/mol. The Labute approximate surface area is 184 Å². The van der Waals surface area contributed by atoms with E-state index in [2.05, 4.69) is 10.3 Å². The van der Waals surface area contributed by atoms with Crippen LogP contribution >= 0.6 is 11.3 Å². The SMILES string of the molecule is COc1ccc(-c2nc(C(=O)OCC(=O)Nc3cccc(C(F)(F)F)c3)cs2)cc1OC. The van der Waals surface area contributed by atoms with Crippen molar-refractivity contribution >= 4 is 28.9 Å². The molecule has 32 heavy (non-hydrogen) atoms. The van der Waals surface area contributed by atoms with Crippen LogP contribution in [0.25, 0.3) is 10.6 Å². The van der Waals surface area contributed by atoms with Gasteiger partial charge in [-0.3, -0.25) is 4.79 Å². The highest BCUT2D eigenvalue weighted by Crippen LogP contribution is 2.34. The molecule has 168 valence electrons. The van der Waals surface area contributed by atoms with Crippen molar-refractivity contribution in [3.05, 3.63) is 59.1 Å². The maximum Gasteiger partial charge on any atom is 0.416 e. The molecule has 0 atom stereocenters. The molecule has 0 aliphatic carbocycles. The zero-order valence-electron chi connectivity index (χ0n) is 16.9. The van der Waals surface area contributed by atoms with Gasteiger partial charge in [0.15, 0.2) is 23.8 Å². The summed E-state index contributed by atoms with van der Waals surface area (Å²) in [6.07, 6.45) is -4.54. The summed E-state index contributed by atoms with van der Waals surface area (Å²) in [5, 5.41) is 4.25. The van der Waals surface area contributed by atoms with Crippen LogP contribution < -0.4 is 14.8 Å². The third-order valence-electron chi connectivity index (χ3n) is 4.15. The molecule has 0 bridgehead atoms. The third-order valence-corrected chi connectivity index (χ3v) is 5.04. The average Bonchev–Trinajstić information content (AvgIpc) is 3.27. The number of ether oxygens (including phenoxy) is 3. The second kappa shape index (κ2) is 9.69. The average molecular weight is 466 g/mol. The first kappa shape index (κ1) is 23.1. The molecule has 1 N–H and O–H groups in total. The van der Waals surface area contributed by atoms with E-state index < -0.39 is 30.2 Å². The minimum Gasteiger partial charge on any atom is -0.493 e. The van der Waals surface area contributed by atoms with Crippen molar-refractivity contribution in [3.8, 4) is 22.1 Å². The quantitative estimate of drug-likeness (QED) is 0.511. The predicted molar refractivity (Wildman–Crippen MR) is 111 cm³/mol. The molecule has 1 amide bonds. The van der Waals surface area contributed by atoms with Crippen LogP contribution in [0.3, 0.4) is 0 Å². The number of hydrogen-bond acceptors (Lipinski definition) is 7. The summed E-state index contributed by atoms with van der Waals surface area (Å²) >= 11 is 1.19. The lowest BCUT2D eigenvalue weighted by Gasteiger charge is -2.10. The van der Waals surface area contributed by atoms with E-state index in [0.29, 0.717) is 22.1 Å². The maximum absolute atomic E-state index is 12.8. The van der Waals surface area contributed by atoms with Gasteiger partial charge in [0, 0.05) is 16.6 Å². The lowest BCUT2D eigenvalue weighted by Crippen LogP contribution is -2.21. The molecule has 0 saturated carbocycles. The molecule has 7 nitrogen and oxygen atoms in total. The van der Waals surface area contributed by atoms with Gasteiger partial charge in [-0.05, 0) is 36.4 Å². The van der Waals surface area contributed by atoms with Crippen LogP contribution in [0.4, 0.5) is 18.9 Å². The lowest BCUT2D eigenvalue weighted by atomic mass is 10.2. The molecule has 0 aliphatic heterocycles. The van der Waals surface area contributed by atoms with Gasteiger partial charge in [-0.2, -0.15) is 13.2 Å². The lowest BCUT2D eigenvalue weighted by molar-refractivity contribution is -0.137. The molecular weight excluding hydrogens is 449 g/mol. The number of rotatable bonds is 7. The number of amides is 1. The summed E-state index contributed by atoms with van der Waals surface area (Å²) in [4.78, 5) is 28.4. The van der Waals surface area contributed by atoms with Gasteiger partial charge in [-0.25, -0.2) is 9.78 Å². The molecule has 0 radical (unpaired) electrons. The summed E-state index contributed by atoms with van der Waals surface area (Å²) in [6.45, 7) is -0.682. The van der Waals surface area contributed by atoms with Crippen molar-refractivity contribution in [1.29, 1.82) is 0 Å². The first-order chi connectivity index (χ1) is 15.2. The normalized spacial score (nSPS) is 11.0. The topological polar surface area (TPSA) is 86.8 Å². The number of carbonyl (C=O) groups is 2. The van der Waals surface area contributed by atoms with Crippen LogP contribution in [0.1, 0.15) is 16.1 Å². The summed E-state index contributed by atoms with van der Waals surface area (Å²) < 4.78 is 53.6. The Morgan fingerprint density at radius 1 is 1.06 bits per heavy atom. The van der Waals surface area contributed by atoms with E-state index in [1.807, 2.05) is 0 Å². The summed E-state index contributed by atoms with van der Waals surface area (Å²) in [5.41, 5.74) is -0.289. The van der Waals surface area contributed by atoms with Gasteiger partial charge < -0.3 is 19.5 Å². The number of halogens is 3. The van der Waals surface area contributed by atoms with Crippen molar-refractivity contribution in [2.45, 2.75) is 6.18 Å². The number of nitrogens with zero attached hydrogens (tertiary/aromatic N) is 1. The van der Waals surface area contributed by atoms with Crippen LogP contribution in [0.15, 0.2) is 47.8 Å². The molecule has 2 aromatic carbocycles. The first-order valence-electron chi connectivity index (χ1n) is 9.03. The first-order valence-corrected chi connectivity index (χ1v) is 9.91. The van der Waals surface area contributed by atoms with Crippen molar-refractivity contribution in [2.24, 2.45) is 0 Å². The second-order valence-electron chi connectivity index (χ2n) is 6.31. The number of anilines is 1. The predicted octanol–water partition coefficient (Wildman–Crippen LogP) is 4.64. The second-order valence-corrected chi connectivity index (χ2v) is 7.17. The summed E-state index contributed by atoms with van der Waals surface area (Å²) in [6, 6.07) is 9.28. The largest absolute Gasteiger partial charge is 0.493 e. The van der Waals surface area contributed by atoms with E-state index in [1.54, 1.807) is 18.2 Å². The fraction of sp³-hybridized carbons (Fsp3) is 0.190. The fourth-order valence-electron chi connectivity index (χ4n) is 2.64. The van der Waals surface area contributed by atoms with Crippen molar-refractivity contribution in [3.63, 3.8) is 0 Å². The summed E-state index contributed by atoms with van der Waals surface area (Å²) in [5.74, 6) is -0.588. The van der Waals surface area contributed by atoms with Gasteiger partial charge in [0.2, 0.25) is 0 Å². The van der Waals surface area contributed by atoms with Crippen LogP contribution in [0.5, 0.6) is 11.5 Å². The van der Waals surface area contributed by atoms with Crippen LogP contribution in [-0.4, -0.2) is 37.7 Å². The Bertz CT molecular complexity index is 1130. The smallest absolute Gasteiger partial charge is 0.416 e. The van der Waals surface area contributed by atoms with E-state index >= 15 is 0 Å². The molecule has 1 heterocycles. The standard InChI is InChI=1S/C21H17F3N2O5S/c1-29-16-7-6-12(8-17(16)30-2)19-26-15(11-32-19)20(28)31-10-18(27)25-14-5-3-4-13(9-14)21(22,23)24/h3-9,11H,10H2,1-2H3,(H,25,27). The maximum atomic E-state index is 12.8. The number of carbonyl (C=O) groups excluding carboxylic acids is 2. The zero-order chi connectivity index (χ0) is 23.3. The molecular formula is C21H17F3N2O5S. The minimum atomic E-state index is -4.54. The van der Waals surface area contributed by atoms with Gasteiger partial charge in [-0.1, -0.05) is 6.07 Å². The number of alkyl halides is 3. The van der Waals surface area contributed by atoms with Crippen LogP contribution in [-0.2, 0) is 15.7 Å². The number of benzene rings is 2. The number of methoxy groups -OCH3 is 2. The number of aromatic nitrogens is 1. The molecule has 0 aliphatic rings. The van der Waals surface area contributed by atoms with Gasteiger partial charge in [0.1, 0.15) is 5.01 Å². The van der Waals surface area contributed by atoms with E-state index in [1.165, 1.54) is 37.0 Å². The molecule has 0 fully saturated rings. The Hall–Kier alpha value is -3.60. The third kappa shape index (κ3) is 5.55. The van der Waals surface area contributed by atoms with Gasteiger partial charge >= 0.3 is 12.1 Å². The number of nitrogens with one attached hydrogen (secondary N) is 1. The van der Waals surface area contributed by atoms with Crippen LogP contribution in [0, 0.1) is 0 Å². The van der Waals surface area contributed by atoms with E-state index in [4.69, 9.17) is 14.2 Å². The Balaban J connectivity index is 1.60. The Morgan fingerprint density at radius 2 is 1.81 bits per heavy atom. The molecule has 3 aromatic rings. The minimum absolute atomic E-state index is 0.00773. The Morgan fingerprint density at radius 3 is 2.50 bits per heavy atom. The molecule has 0 spiro atoms. The zero-order valence-corrected chi connectivity index (χ0v) is 17.7. The Kier molecular flexibility index (Phi) is 6.98. The highest BCUT2D eigenvalue weighted by molar-refractivity contribution is 7.13. The number of hydrogen-bond donors (Lipinski definition) is 1. The number of esters is 1. The van der Waals surface area contributed by atoms with Gasteiger partial charge in [0.25, 0.3) is 5.91 Å². The van der Waals surface area contributed by atoms with Crippen LogP contribution in [0.2, 0.25) is 0 Å². The van der Waals surface area contributed by atoms with Crippen molar-refractivity contribution in [1.82, 2.24) is 4.98 Å². The van der Waals surface area contributed by atoms with E-state index in [0.717, 1.165) is 18.2 Å². The highest BCUT2D eigenvalue weighted by Gasteiger charge is 2.30. The number of thiazole rings is 1. The molecule has 3 rings (SSSR count). The van der Waals surface area contributed by atoms with Crippen molar-refractivity contribution < 1.29 is 37.0 Å². The van der Waals surface area contributed by atoms with Crippen molar-refractivity contribution in [2.75, 3.05) is 26.1 Å². The fourth-order valence-corrected chi connectivity index (χ4v) is 3.43.